The number of carbonyl (C=O) groups is 1. The number of benzene rings is 1. The fraction of sp³-hybridized carbons (Fsp3) is 0.294. The van der Waals surface area contributed by atoms with Gasteiger partial charge in [-0.25, -0.2) is 9.37 Å². The molecule has 0 radical (unpaired) electrons. The summed E-state index contributed by atoms with van der Waals surface area (Å²) in [7, 11) is 3.07. The van der Waals surface area contributed by atoms with Crippen molar-refractivity contribution in [3.05, 3.63) is 52.5 Å². The highest BCUT2D eigenvalue weighted by atomic mass is 19.1. The first-order valence-corrected chi connectivity index (χ1v) is 7.85. The van der Waals surface area contributed by atoms with Crippen molar-refractivity contribution in [3.63, 3.8) is 0 Å². The van der Waals surface area contributed by atoms with E-state index in [-0.39, 0.29) is 30.9 Å². The molecule has 1 aromatic carbocycles. The van der Waals surface area contributed by atoms with E-state index >= 15 is 0 Å². The highest BCUT2D eigenvalue weighted by Crippen LogP contribution is 2.18. The average molecular weight is 360 g/mol. The summed E-state index contributed by atoms with van der Waals surface area (Å²) in [5, 5.41) is 4.37. The second-order valence-electron chi connectivity index (χ2n) is 5.63. The van der Waals surface area contributed by atoms with Gasteiger partial charge in [0, 0.05) is 13.6 Å². The maximum atomic E-state index is 13.6. The van der Waals surface area contributed by atoms with Crippen LogP contribution in [0.3, 0.4) is 0 Å². The van der Waals surface area contributed by atoms with Gasteiger partial charge in [-0.15, -0.1) is 0 Å². The van der Waals surface area contributed by atoms with E-state index in [1.807, 2.05) is 0 Å². The number of halogens is 1. The van der Waals surface area contributed by atoms with Crippen LogP contribution in [0.4, 0.5) is 4.39 Å². The number of carbonyl (C=O) groups excluding carboxylic acids is 1. The summed E-state index contributed by atoms with van der Waals surface area (Å²) in [5.41, 5.74) is 0.718. The third-order valence-corrected chi connectivity index (χ3v) is 3.89. The van der Waals surface area contributed by atoms with E-state index in [4.69, 9.17) is 9.47 Å². The zero-order valence-corrected chi connectivity index (χ0v) is 14.3. The number of rotatable bonds is 6. The Morgan fingerprint density at radius 1 is 1.35 bits per heavy atom. The Kier molecular flexibility index (Phi) is 4.97. The van der Waals surface area contributed by atoms with Crippen LogP contribution in [-0.4, -0.2) is 32.4 Å². The Morgan fingerprint density at radius 2 is 2.15 bits per heavy atom. The number of hydrogen-bond acceptors (Lipinski definition) is 6. The van der Waals surface area contributed by atoms with Crippen LogP contribution in [0.5, 0.6) is 5.75 Å². The molecule has 3 aromatic rings. The number of aryl methyl sites for hydroxylation is 2. The maximum absolute atomic E-state index is 13.6. The Balaban J connectivity index is 1.58. The van der Waals surface area contributed by atoms with Gasteiger partial charge >= 0.3 is 5.97 Å². The molecule has 8 nitrogen and oxygen atoms in total. The van der Waals surface area contributed by atoms with Crippen LogP contribution in [0.15, 0.2) is 35.5 Å². The zero-order valence-electron chi connectivity index (χ0n) is 14.3. The second kappa shape index (κ2) is 7.34. The average Bonchev–Trinajstić information content (AvgIpc) is 3.01. The van der Waals surface area contributed by atoms with Crippen LogP contribution in [-0.2, 0) is 29.7 Å². The Morgan fingerprint density at radius 3 is 2.88 bits per heavy atom. The topological polar surface area (TPSA) is 88.2 Å². The van der Waals surface area contributed by atoms with E-state index in [2.05, 4.69) is 10.1 Å². The Bertz CT molecular complexity index is 1010. The molecule has 2 heterocycles. The SMILES string of the molecule is COc1ccc(COC(=O)CCn2cnc3c(cnn3C)c2=O)cc1F. The third-order valence-electron chi connectivity index (χ3n) is 3.89. The summed E-state index contributed by atoms with van der Waals surface area (Å²) >= 11 is 0. The minimum Gasteiger partial charge on any atom is -0.494 e. The summed E-state index contributed by atoms with van der Waals surface area (Å²) in [6.45, 7) is 0.0704. The lowest BCUT2D eigenvalue weighted by Crippen LogP contribution is -2.22. The maximum Gasteiger partial charge on any atom is 0.307 e. The second-order valence-corrected chi connectivity index (χ2v) is 5.63. The first kappa shape index (κ1) is 17.6. The largest absolute Gasteiger partial charge is 0.494 e. The van der Waals surface area contributed by atoms with E-state index in [1.165, 1.54) is 41.0 Å². The first-order chi connectivity index (χ1) is 12.5. The van der Waals surface area contributed by atoms with E-state index < -0.39 is 11.8 Å². The van der Waals surface area contributed by atoms with Crippen molar-refractivity contribution in [2.45, 2.75) is 19.6 Å². The molecule has 0 saturated heterocycles. The minimum absolute atomic E-state index is 0.00794. The predicted octanol–water partition coefficient (Wildman–Crippen LogP) is 1.41. The molecule has 0 N–H and O–H groups in total. The van der Waals surface area contributed by atoms with Gasteiger partial charge in [-0.3, -0.25) is 18.8 Å². The quantitative estimate of drug-likeness (QED) is 0.618. The van der Waals surface area contributed by atoms with Gasteiger partial charge in [0.1, 0.15) is 12.0 Å². The summed E-state index contributed by atoms with van der Waals surface area (Å²) in [6.07, 6.45) is 2.81. The number of nitrogens with zero attached hydrogens (tertiary/aromatic N) is 4. The fourth-order valence-corrected chi connectivity index (χ4v) is 2.47. The Labute approximate surface area is 147 Å². The molecule has 26 heavy (non-hydrogen) atoms. The monoisotopic (exact) mass is 360 g/mol. The summed E-state index contributed by atoms with van der Waals surface area (Å²) < 4.78 is 26.4. The van der Waals surface area contributed by atoms with Crippen molar-refractivity contribution in [1.82, 2.24) is 19.3 Å². The van der Waals surface area contributed by atoms with Crippen LogP contribution in [0.1, 0.15) is 12.0 Å². The van der Waals surface area contributed by atoms with E-state index in [0.29, 0.717) is 16.6 Å². The number of methoxy groups -OCH3 is 1. The lowest BCUT2D eigenvalue weighted by Gasteiger charge is -2.08. The molecule has 3 rings (SSSR count). The highest BCUT2D eigenvalue weighted by Gasteiger charge is 2.11. The smallest absolute Gasteiger partial charge is 0.307 e. The molecule has 136 valence electrons. The van der Waals surface area contributed by atoms with Gasteiger partial charge in [0.2, 0.25) is 0 Å². The molecule has 0 bridgehead atoms. The van der Waals surface area contributed by atoms with Gasteiger partial charge in [-0.1, -0.05) is 6.07 Å². The molecule has 0 atom stereocenters. The number of fused-ring (bicyclic) bond motifs is 1. The number of aromatic nitrogens is 4. The van der Waals surface area contributed by atoms with Crippen LogP contribution < -0.4 is 10.3 Å². The zero-order chi connectivity index (χ0) is 18.7. The van der Waals surface area contributed by atoms with Crippen LogP contribution in [0.2, 0.25) is 0 Å². The van der Waals surface area contributed by atoms with E-state index in [0.717, 1.165) is 0 Å². The molecular weight excluding hydrogens is 343 g/mol. The van der Waals surface area contributed by atoms with Gasteiger partial charge in [-0.05, 0) is 17.7 Å². The van der Waals surface area contributed by atoms with Crippen molar-refractivity contribution >= 4 is 17.0 Å². The van der Waals surface area contributed by atoms with E-state index in [9.17, 15) is 14.0 Å². The molecule has 0 aliphatic carbocycles. The standard InChI is InChI=1S/C17H17FN4O4/c1-21-16-12(8-20-21)17(24)22(10-19-16)6-5-15(23)26-9-11-3-4-14(25-2)13(18)7-11/h3-4,7-8,10H,5-6,9H2,1-2H3. The van der Waals surface area contributed by atoms with E-state index in [1.54, 1.807) is 13.1 Å². The summed E-state index contributed by atoms with van der Waals surface area (Å²) in [6, 6.07) is 4.32. The van der Waals surface area contributed by atoms with Crippen molar-refractivity contribution in [2.75, 3.05) is 7.11 Å². The molecule has 0 spiro atoms. The minimum atomic E-state index is -0.525. The molecule has 0 aliphatic heterocycles. The molecule has 0 amide bonds. The normalized spacial score (nSPS) is 10.9. The van der Waals surface area contributed by atoms with Crippen molar-refractivity contribution in [2.24, 2.45) is 7.05 Å². The molecule has 0 aliphatic rings. The predicted molar refractivity (Wildman–Crippen MR) is 90.1 cm³/mol. The van der Waals surface area contributed by atoms with Gasteiger partial charge < -0.3 is 9.47 Å². The van der Waals surface area contributed by atoms with Crippen LogP contribution in [0.25, 0.3) is 11.0 Å². The van der Waals surface area contributed by atoms with Gasteiger partial charge in [0.25, 0.3) is 5.56 Å². The van der Waals surface area contributed by atoms with Gasteiger partial charge in [-0.2, -0.15) is 5.10 Å². The fourth-order valence-electron chi connectivity index (χ4n) is 2.47. The van der Waals surface area contributed by atoms with Crippen LogP contribution >= 0.6 is 0 Å². The number of ether oxygens (including phenoxy) is 2. The number of hydrogen-bond donors (Lipinski definition) is 0. The molecular formula is C17H17FN4O4. The lowest BCUT2D eigenvalue weighted by atomic mass is 10.2. The van der Waals surface area contributed by atoms with Gasteiger partial charge in [0.15, 0.2) is 17.2 Å². The summed E-state index contributed by atoms with van der Waals surface area (Å²) in [5.74, 6) is -0.902. The van der Waals surface area contributed by atoms with Crippen molar-refractivity contribution in [1.29, 1.82) is 0 Å². The Hall–Kier alpha value is -3.23. The van der Waals surface area contributed by atoms with Gasteiger partial charge in [0.05, 0.1) is 26.1 Å². The molecule has 2 aromatic heterocycles. The third kappa shape index (κ3) is 3.56. The van der Waals surface area contributed by atoms with Crippen molar-refractivity contribution in [3.8, 4) is 5.75 Å². The molecule has 9 heteroatoms. The molecule has 0 saturated carbocycles. The summed E-state index contributed by atoms with van der Waals surface area (Å²) in [4.78, 5) is 28.3. The molecule has 0 fully saturated rings. The number of esters is 1. The van der Waals surface area contributed by atoms with Crippen molar-refractivity contribution < 1.29 is 18.7 Å². The molecule has 0 unspecified atom stereocenters. The van der Waals surface area contributed by atoms with Crippen LogP contribution in [0, 0.1) is 5.82 Å². The highest BCUT2D eigenvalue weighted by molar-refractivity contribution is 5.73. The lowest BCUT2D eigenvalue weighted by molar-refractivity contribution is -0.145. The first-order valence-electron chi connectivity index (χ1n) is 7.85.